The molecule has 0 radical (unpaired) electrons. The Balaban J connectivity index is -0.000000337. The highest BCUT2D eigenvalue weighted by Crippen LogP contribution is 1.92. The summed E-state index contributed by atoms with van der Waals surface area (Å²) in [6.07, 6.45) is 2.92. The van der Waals surface area contributed by atoms with Crippen molar-refractivity contribution < 1.29 is 9.90 Å². The Morgan fingerprint density at radius 2 is 1.76 bits per heavy atom. The first-order valence-corrected chi connectivity index (χ1v) is 6.26. The highest BCUT2D eigenvalue weighted by Gasteiger charge is 1.95. The summed E-state index contributed by atoms with van der Waals surface area (Å²) in [6.45, 7) is 8.93. The Morgan fingerprint density at radius 1 is 1.29 bits per heavy atom. The summed E-state index contributed by atoms with van der Waals surface area (Å²) in [5.74, 6) is -0.363. The number of carboxylic acids is 1. The number of nitrogens with two attached hydrogens (primary N) is 1. The SMILES string of the molecule is CC.CCC.CN=C(N)NCCCCC(=O)O. The molecule has 0 saturated carbocycles. The number of unbranched alkanes of at least 4 members (excludes halogenated alkanes) is 1. The molecule has 0 aliphatic carbocycles. The molecule has 17 heavy (non-hydrogen) atoms. The number of hydrogen-bond acceptors (Lipinski definition) is 2. The van der Waals surface area contributed by atoms with Gasteiger partial charge in [-0.05, 0) is 12.8 Å². The number of carbonyl (C=O) groups is 1. The molecule has 0 aromatic rings. The van der Waals surface area contributed by atoms with Gasteiger partial charge in [-0.2, -0.15) is 0 Å². The van der Waals surface area contributed by atoms with Gasteiger partial charge < -0.3 is 16.2 Å². The normalized spacial score (nSPS) is 9.35. The molecule has 0 rings (SSSR count). The van der Waals surface area contributed by atoms with Gasteiger partial charge in [-0.3, -0.25) is 9.79 Å². The van der Waals surface area contributed by atoms with E-state index in [0.29, 0.717) is 18.9 Å². The molecule has 104 valence electrons. The summed E-state index contributed by atoms with van der Waals surface area (Å²) >= 11 is 0. The van der Waals surface area contributed by atoms with Gasteiger partial charge in [-0.15, -0.1) is 0 Å². The van der Waals surface area contributed by atoms with E-state index in [1.807, 2.05) is 13.8 Å². The first kappa shape index (κ1) is 21.1. The zero-order valence-corrected chi connectivity index (χ0v) is 11.9. The lowest BCUT2D eigenvalue weighted by molar-refractivity contribution is -0.137. The van der Waals surface area contributed by atoms with Crippen molar-refractivity contribution in [1.82, 2.24) is 5.32 Å². The fraction of sp³-hybridized carbons (Fsp3) is 0.833. The van der Waals surface area contributed by atoms with Crippen LogP contribution in [-0.4, -0.2) is 30.6 Å². The van der Waals surface area contributed by atoms with Crippen LogP contribution in [0.2, 0.25) is 0 Å². The Labute approximate surface area is 106 Å². The van der Waals surface area contributed by atoms with Gasteiger partial charge in [0.15, 0.2) is 5.96 Å². The average molecular weight is 247 g/mol. The van der Waals surface area contributed by atoms with E-state index in [-0.39, 0.29) is 6.42 Å². The lowest BCUT2D eigenvalue weighted by Gasteiger charge is -2.02. The van der Waals surface area contributed by atoms with Crippen LogP contribution in [0.25, 0.3) is 0 Å². The molecule has 0 aromatic carbocycles. The van der Waals surface area contributed by atoms with Crippen LogP contribution in [0.1, 0.15) is 53.4 Å². The second-order valence-corrected chi connectivity index (χ2v) is 3.09. The number of guanidine groups is 1. The van der Waals surface area contributed by atoms with E-state index in [0.717, 1.165) is 6.42 Å². The van der Waals surface area contributed by atoms with Crippen LogP contribution in [-0.2, 0) is 4.79 Å². The van der Waals surface area contributed by atoms with E-state index >= 15 is 0 Å². The number of rotatable bonds is 5. The van der Waals surface area contributed by atoms with E-state index in [1.165, 1.54) is 6.42 Å². The number of aliphatic imine (C=N–C) groups is 1. The minimum absolute atomic E-state index is 0.213. The van der Waals surface area contributed by atoms with Crippen LogP contribution >= 0.6 is 0 Å². The number of hydrogen-bond donors (Lipinski definition) is 3. The molecule has 5 heteroatoms. The average Bonchev–Trinajstić information content (AvgIpc) is 2.31. The Kier molecular flexibility index (Phi) is 25.0. The van der Waals surface area contributed by atoms with Gasteiger partial charge in [0.25, 0.3) is 0 Å². The van der Waals surface area contributed by atoms with Gasteiger partial charge in [0.2, 0.25) is 0 Å². The van der Waals surface area contributed by atoms with E-state index in [4.69, 9.17) is 10.8 Å². The molecule has 0 fully saturated rings. The maximum atomic E-state index is 10.1. The van der Waals surface area contributed by atoms with E-state index < -0.39 is 5.97 Å². The van der Waals surface area contributed by atoms with Crippen molar-refractivity contribution >= 4 is 11.9 Å². The van der Waals surface area contributed by atoms with Crippen molar-refractivity contribution in [1.29, 1.82) is 0 Å². The number of nitrogens with one attached hydrogen (secondary N) is 1. The zero-order chi connectivity index (χ0) is 14.1. The van der Waals surface area contributed by atoms with Crippen LogP contribution in [0, 0.1) is 0 Å². The van der Waals surface area contributed by atoms with Crippen LogP contribution in [0.15, 0.2) is 4.99 Å². The fourth-order valence-electron chi connectivity index (χ4n) is 0.697. The molecule has 0 unspecified atom stereocenters. The molecule has 0 spiro atoms. The minimum Gasteiger partial charge on any atom is -0.481 e. The van der Waals surface area contributed by atoms with E-state index in [1.54, 1.807) is 7.05 Å². The molecule has 5 nitrogen and oxygen atoms in total. The monoisotopic (exact) mass is 247 g/mol. The molecule has 0 atom stereocenters. The van der Waals surface area contributed by atoms with Crippen molar-refractivity contribution in [3.63, 3.8) is 0 Å². The Hall–Kier alpha value is -1.26. The van der Waals surface area contributed by atoms with Crippen molar-refractivity contribution in [3.05, 3.63) is 0 Å². The van der Waals surface area contributed by atoms with Gasteiger partial charge in [0.1, 0.15) is 0 Å². The lowest BCUT2D eigenvalue weighted by atomic mass is 10.2. The highest BCUT2D eigenvalue weighted by molar-refractivity contribution is 5.77. The molecular weight excluding hydrogens is 218 g/mol. The van der Waals surface area contributed by atoms with Crippen molar-refractivity contribution in [2.75, 3.05) is 13.6 Å². The molecule has 0 saturated heterocycles. The molecule has 0 aliphatic rings. The molecule has 0 heterocycles. The van der Waals surface area contributed by atoms with Gasteiger partial charge in [0, 0.05) is 20.0 Å². The fourth-order valence-corrected chi connectivity index (χ4v) is 0.697. The largest absolute Gasteiger partial charge is 0.481 e. The van der Waals surface area contributed by atoms with Crippen LogP contribution in [0.5, 0.6) is 0 Å². The zero-order valence-electron chi connectivity index (χ0n) is 11.9. The van der Waals surface area contributed by atoms with Gasteiger partial charge >= 0.3 is 5.97 Å². The maximum absolute atomic E-state index is 10.1. The second-order valence-electron chi connectivity index (χ2n) is 3.09. The molecular formula is C12H29N3O2. The first-order chi connectivity index (χ1) is 8.08. The first-order valence-electron chi connectivity index (χ1n) is 6.26. The predicted octanol–water partition coefficient (Wildman–Crippen LogP) is 2.22. The van der Waals surface area contributed by atoms with Gasteiger partial charge in [-0.25, -0.2) is 0 Å². The Bertz CT molecular complexity index is 183. The van der Waals surface area contributed by atoms with Crippen molar-refractivity contribution in [3.8, 4) is 0 Å². The summed E-state index contributed by atoms with van der Waals surface area (Å²) in [7, 11) is 1.60. The molecule has 0 aromatic heterocycles. The standard InChI is InChI=1S/C7H15N3O2.C3H8.C2H6/c1-9-7(8)10-5-3-2-4-6(11)12;1-3-2;1-2/h2-5H2,1H3,(H,11,12)(H3,8,9,10);3H2,1-2H3;1-2H3. The topological polar surface area (TPSA) is 87.7 Å². The Morgan fingerprint density at radius 3 is 2.12 bits per heavy atom. The summed E-state index contributed by atoms with van der Waals surface area (Å²) in [5, 5.41) is 11.1. The second kappa shape index (κ2) is 20.2. The van der Waals surface area contributed by atoms with E-state index in [9.17, 15) is 4.79 Å². The molecule has 4 N–H and O–H groups in total. The van der Waals surface area contributed by atoms with Crippen LogP contribution in [0.4, 0.5) is 0 Å². The number of nitrogens with zero attached hydrogens (tertiary/aromatic N) is 1. The van der Waals surface area contributed by atoms with Crippen LogP contribution < -0.4 is 11.1 Å². The van der Waals surface area contributed by atoms with Gasteiger partial charge in [-0.1, -0.05) is 34.1 Å². The summed E-state index contributed by atoms with van der Waals surface area (Å²) in [4.78, 5) is 13.8. The number of aliphatic carboxylic acids is 1. The van der Waals surface area contributed by atoms with Gasteiger partial charge in [0.05, 0.1) is 0 Å². The number of carboxylic acid groups (broad SMARTS) is 1. The van der Waals surface area contributed by atoms with E-state index in [2.05, 4.69) is 24.2 Å². The summed E-state index contributed by atoms with van der Waals surface area (Å²) in [6, 6.07) is 0. The third-order valence-corrected chi connectivity index (χ3v) is 1.36. The molecule has 0 amide bonds. The van der Waals surface area contributed by atoms with Crippen LogP contribution in [0.3, 0.4) is 0 Å². The predicted molar refractivity (Wildman–Crippen MR) is 74.3 cm³/mol. The third kappa shape index (κ3) is 31.3. The highest BCUT2D eigenvalue weighted by atomic mass is 16.4. The molecule has 0 bridgehead atoms. The third-order valence-electron chi connectivity index (χ3n) is 1.36. The molecule has 0 aliphatic heterocycles. The summed E-state index contributed by atoms with van der Waals surface area (Å²) in [5.41, 5.74) is 5.34. The van der Waals surface area contributed by atoms with Crippen molar-refractivity contribution in [2.24, 2.45) is 10.7 Å². The lowest BCUT2D eigenvalue weighted by Crippen LogP contribution is -2.32. The maximum Gasteiger partial charge on any atom is 0.303 e. The smallest absolute Gasteiger partial charge is 0.303 e. The van der Waals surface area contributed by atoms with Crippen molar-refractivity contribution in [2.45, 2.75) is 53.4 Å². The summed E-state index contributed by atoms with van der Waals surface area (Å²) < 4.78 is 0. The quantitative estimate of drug-likeness (QED) is 0.395. The minimum atomic E-state index is -0.757.